The predicted octanol–water partition coefficient (Wildman–Crippen LogP) is 2.20. The monoisotopic (exact) mass is 153 g/mol. The Morgan fingerprint density at radius 2 is 2.18 bits per heavy atom. The third-order valence-electron chi connectivity index (χ3n) is 3.10. The number of nitrogens with one attached hydrogen (secondary N) is 1. The maximum Gasteiger partial charge on any atom is 0.00995 e. The van der Waals surface area contributed by atoms with E-state index in [9.17, 15) is 0 Å². The highest BCUT2D eigenvalue weighted by molar-refractivity contribution is 5.35. The van der Waals surface area contributed by atoms with Gasteiger partial charge in [0.05, 0.1) is 0 Å². The topological polar surface area (TPSA) is 12.0 Å². The zero-order valence-corrected chi connectivity index (χ0v) is 7.91. The minimum atomic E-state index is 0.462. The van der Waals surface area contributed by atoms with Crippen molar-refractivity contribution in [3.63, 3.8) is 0 Å². The molecule has 0 spiro atoms. The Balaban J connectivity index is 2.54. The summed E-state index contributed by atoms with van der Waals surface area (Å²) in [6.45, 7) is 9.74. The van der Waals surface area contributed by atoms with Gasteiger partial charge in [-0.15, -0.1) is 0 Å². The van der Waals surface area contributed by atoms with Crippen LogP contribution in [0, 0.1) is 11.3 Å². The van der Waals surface area contributed by atoms with Crippen molar-refractivity contribution in [2.24, 2.45) is 11.3 Å². The van der Waals surface area contributed by atoms with E-state index < -0.39 is 0 Å². The average molecular weight is 153 g/mol. The van der Waals surface area contributed by atoms with Crippen LogP contribution in [0.2, 0.25) is 0 Å². The molecule has 0 saturated heterocycles. The van der Waals surface area contributed by atoms with Crippen LogP contribution in [0.3, 0.4) is 0 Å². The van der Waals surface area contributed by atoms with Gasteiger partial charge in [0, 0.05) is 12.0 Å². The van der Waals surface area contributed by atoms with E-state index in [1.54, 1.807) is 0 Å². The molecule has 2 unspecified atom stereocenters. The first-order valence-corrected chi connectivity index (χ1v) is 4.53. The Labute approximate surface area is 69.9 Å². The molecule has 1 heteroatoms. The Morgan fingerprint density at radius 3 is 2.45 bits per heavy atom. The summed E-state index contributed by atoms with van der Waals surface area (Å²) in [6, 6.07) is 0. The molecule has 0 aromatic rings. The molecule has 0 bridgehead atoms. The second-order valence-electron chi connectivity index (χ2n) is 3.68. The van der Waals surface area contributed by atoms with E-state index in [0.29, 0.717) is 5.41 Å². The number of rotatable bonds is 4. The Morgan fingerprint density at radius 1 is 1.64 bits per heavy atom. The van der Waals surface area contributed by atoms with Crippen LogP contribution in [0.15, 0.2) is 12.2 Å². The van der Waals surface area contributed by atoms with Gasteiger partial charge >= 0.3 is 0 Å². The van der Waals surface area contributed by atoms with Crippen molar-refractivity contribution in [1.82, 2.24) is 5.32 Å². The van der Waals surface area contributed by atoms with Crippen molar-refractivity contribution in [2.75, 3.05) is 13.6 Å². The second kappa shape index (κ2) is 2.98. The number of hydrogen-bond donors (Lipinski definition) is 1. The zero-order chi connectivity index (χ0) is 8.48. The SMILES string of the molecule is C=C1C(C)C1(CCC)CNC. The van der Waals surface area contributed by atoms with Crippen molar-refractivity contribution in [3.05, 3.63) is 12.2 Å². The van der Waals surface area contributed by atoms with Crippen LogP contribution in [0.5, 0.6) is 0 Å². The van der Waals surface area contributed by atoms with E-state index in [4.69, 9.17) is 0 Å². The molecule has 1 aliphatic carbocycles. The summed E-state index contributed by atoms with van der Waals surface area (Å²) in [5, 5.41) is 3.26. The Bertz CT molecular complexity index is 154. The average Bonchev–Trinajstić information content (AvgIpc) is 2.44. The highest BCUT2D eigenvalue weighted by atomic mass is 14.9. The molecule has 1 fully saturated rings. The van der Waals surface area contributed by atoms with Gasteiger partial charge < -0.3 is 5.32 Å². The molecular formula is C10H19N. The molecule has 1 N–H and O–H groups in total. The predicted molar refractivity (Wildman–Crippen MR) is 49.6 cm³/mol. The summed E-state index contributed by atoms with van der Waals surface area (Å²) in [7, 11) is 2.02. The van der Waals surface area contributed by atoms with Crippen molar-refractivity contribution in [3.8, 4) is 0 Å². The smallest absolute Gasteiger partial charge is 0.00995 e. The molecule has 0 heterocycles. The first kappa shape index (κ1) is 8.79. The molecule has 0 aliphatic heterocycles. The van der Waals surface area contributed by atoms with Crippen molar-refractivity contribution in [2.45, 2.75) is 26.7 Å². The van der Waals surface area contributed by atoms with Gasteiger partial charge in [0.2, 0.25) is 0 Å². The molecular weight excluding hydrogens is 134 g/mol. The Hall–Kier alpha value is -0.300. The molecule has 0 aromatic heterocycles. The van der Waals surface area contributed by atoms with Gasteiger partial charge in [0.1, 0.15) is 0 Å². The van der Waals surface area contributed by atoms with Crippen molar-refractivity contribution >= 4 is 0 Å². The fourth-order valence-electron chi connectivity index (χ4n) is 2.18. The minimum absolute atomic E-state index is 0.462. The molecule has 2 atom stereocenters. The van der Waals surface area contributed by atoms with E-state index in [0.717, 1.165) is 12.5 Å². The lowest BCUT2D eigenvalue weighted by Gasteiger charge is -2.13. The van der Waals surface area contributed by atoms with Crippen LogP contribution in [0.25, 0.3) is 0 Å². The lowest BCUT2D eigenvalue weighted by molar-refractivity contribution is 0.417. The molecule has 0 aromatic carbocycles. The van der Waals surface area contributed by atoms with E-state index in [1.807, 2.05) is 7.05 Å². The fourth-order valence-corrected chi connectivity index (χ4v) is 2.18. The van der Waals surface area contributed by atoms with Crippen molar-refractivity contribution in [1.29, 1.82) is 0 Å². The maximum absolute atomic E-state index is 4.10. The third kappa shape index (κ3) is 1.22. The molecule has 1 aliphatic rings. The van der Waals surface area contributed by atoms with Gasteiger partial charge in [-0.1, -0.05) is 32.4 Å². The summed E-state index contributed by atoms with van der Waals surface area (Å²) < 4.78 is 0. The standard InChI is InChI=1S/C10H19N/c1-5-6-10(7-11-4)8(2)9(10)3/h9,11H,2,5-7H2,1,3-4H3. The lowest BCUT2D eigenvalue weighted by Crippen LogP contribution is -2.21. The van der Waals surface area contributed by atoms with Gasteiger partial charge in [0.15, 0.2) is 0 Å². The highest BCUT2D eigenvalue weighted by Gasteiger charge is 2.53. The minimum Gasteiger partial charge on any atom is -0.319 e. The summed E-state index contributed by atoms with van der Waals surface area (Å²) in [5.74, 6) is 0.745. The largest absolute Gasteiger partial charge is 0.319 e. The molecule has 64 valence electrons. The first-order valence-electron chi connectivity index (χ1n) is 4.53. The summed E-state index contributed by atoms with van der Waals surface area (Å²) in [6.07, 6.45) is 2.57. The summed E-state index contributed by atoms with van der Waals surface area (Å²) >= 11 is 0. The number of hydrogen-bond acceptors (Lipinski definition) is 1. The van der Waals surface area contributed by atoms with Crippen LogP contribution in [0.4, 0.5) is 0 Å². The van der Waals surface area contributed by atoms with Gasteiger partial charge in [-0.3, -0.25) is 0 Å². The molecule has 0 radical (unpaired) electrons. The molecule has 0 amide bonds. The van der Waals surface area contributed by atoms with Crippen LogP contribution in [0.1, 0.15) is 26.7 Å². The molecule has 11 heavy (non-hydrogen) atoms. The van der Waals surface area contributed by atoms with E-state index in [1.165, 1.54) is 18.4 Å². The normalized spacial score (nSPS) is 35.9. The van der Waals surface area contributed by atoms with Crippen molar-refractivity contribution < 1.29 is 0 Å². The molecule has 1 nitrogen and oxygen atoms in total. The van der Waals surface area contributed by atoms with Gasteiger partial charge in [-0.2, -0.15) is 0 Å². The van der Waals surface area contributed by atoms with E-state index >= 15 is 0 Å². The summed E-state index contributed by atoms with van der Waals surface area (Å²) in [5.41, 5.74) is 1.91. The highest BCUT2D eigenvalue weighted by Crippen LogP contribution is 2.59. The van der Waals surface area contributed by atoms with Gasteiger partial charge in [-0.05, 0) is 19.4 Å². The van der Waals surface area contributed by atoms with E-state index in [-0.39, 0.29) is 0 Å². The quantitative estimate of drug-likeness (QED) is 0.610. The van der Waals surface area contributed by atoms with E-state index in [2.05, 4.69) is 25.7 Å². The summed E-state index contributed by atoms with van der Waals surface area (Å²) in [4.78, 5) is 0. The van der Waals surface area contributed by atoms with Crippen LogP contribution >= 0.6 is 0 Å². The molecule has 1 rings (SSSR count). The van der Waals surface area contributed by atoms with Crippen LogP contribution in [-0.4, -0.2) is 13.6 Å². The van der Waals surface area contributed by atoms with Crippen LogP contribution in [-0.2, 0) is 0 Å². The second-order valence-corrected chi connectivity index (χ2v) is 3.68. The van der Waals surface area contributed by atoms with Gasteiger partial charge in [0.25, 0.3) is 0 Å². The fraction of sp³-hybridized carbons (Fsp3) is 0.800. The lowest BCUT2D eigenvalue weighted by atomic mass is 9.97. The maximum atomic E-state index is 4.10. The van der Waals surface area contributed by atoms with Crippen LogP contribution < -0.4 is 5.32 Å². The zero-order valence-electron chi connectivity index (χ0n) is 7.91. The third-order valence-corrected chi connectivity index (χ3v) is 3.10. The first-order chi connectivity index (χ1) is 5.19. The molecule has 1 saturated carbocycles. The van der Waals surface area contributed by atoms with Gasteiger partial charge in [-0.25, -0.2) is 0 Å². The Kier molecular flexibility index (Phi) is 2.38.